The molecule has 1 aromatic heterocycles. The molecule has 16 nitrogen and oxygen atoms in total. The van der Waals surface area contributed by atoms with Gasteiger partial charge in [-0.25, -0.2) is 21.8 Å². The van der Waals surface area contributed by atoms with Gasteiger partial charge >= 0.3 is 118 Å². The van der Waals surface area contributed by atoms with Gasteiger partial charge in [0.15, 0.2) is 12.1 Å². The van der Waals surface area contributed by atoms with Gasteiger partial charge in [0.1, 0.15) is 31.7 Å². The van der Waals surface area contributed by atoms with Crippen molar-refractivity contribution in [1.29, 1.82) is 0 Å². The molecule has 0 unspecified atom stereocenters. The topological polar surface area (TPSA) is 293 Å². The molecule has 0 radical (unpaired) electrons. The maximum Gasteiger partial charge on any atom is 1.00 e. The van der Waals surface area contributed by atoms with E-state index >= 15 is 0 Å². The molecule has 0 saturated carbocycles. The first-order chi connectivity index (χ1) is 14.5. The fraction of sp³-hybridized carbons (Fsp3) is 0.143. The van der Waals surface area contributed by atoms with E-state index in [-0.39, 0.29) is 142 Å². The minimum Gasteiger partial charge on any atom is -0.790 e. The Morgan fingerprint density at radius 1 is 1.05 bits per heavy atom. The predicted molar refractivity (Wildman–Crippen MR) is 98.6 cm³/mol. The number of hydrogen-bond donors (Lipinski definition) is 1. The van der Waals surface area contributed by atoms with Crippen molar-refractivity contribution in [2.75, 3.05) is 0 Å². The molecule has 37 heavy (non-hydrogen) atoms. The average Bonchev–Trinajstić information content (AvgIpc) is 2.65. The summed E-state index contributed by atoms with van der Waals surface area (Å²) in [6, 6.07) is 1.58. The summed E-state index contributed by atoms with van der Waals surface area (Å²) in [5, 5.41) is 16.8. The summed E-state index contributed by atoms with van der Waals surface area (Å²) in [5.41, 5.74) is -2.03. The van der Waals surface area contributed by atoms with Crippen LogP contribution in [0.1, 0.15) is 21.6 Å². The number of benzene rings is 1. The minimum absolute atomic E-state index is 0. The van der Waals surface area contributed by atoms with Gasteiger partial charge in [0.05, 0.1) is 35.5 Å². The molecule has 3 N–H and O–H groups in total. The third-order valence-corrected chi connectivity index (χ3v) is 5.84. The summed E-state index contributed by atoms with van der Waals surface area (Å²) in [6.45, 7) is 0.104. The Labute approximate surface area is 299 Å². The van der Waals surface area contributed by atoms with Gasteiger partial charge in [-0.2, -0.15) is 0 Å². The number of aryl methyl sites for hydroxylation is 1. The SMILES string of the molecule is Cc1nc(N=Nc2ccc(S(=O)(=O)[O-])cc2S(=O)(=O)[O-])c(COP(=O)([O-])[O-])c(C=O)c1O.O.[Na+].[Na+].[Na+].[Na+]. The summed E-state index contributed by atoms with van der Waals surface area (Å²) in [5.74, 6) is -1.30. The molecule has 0 amide bonds. The van der Waals surface area contributed by atoms with Crippen molar-refractivity contribution >= 4 is 45.9 Å². The number of azo groups is 1. The van der Waals surface area contributed by atoms with Gasteiger partial charge in [0.25, 0.3) is 0 Å². The van der Waals surface area contributed by atoms with Crippen molar-refractivity contribution in [2.24, 2.45) is 10.2 Å². The van der Waals surface area contributed by atoms with Crippen LogP contribution in [0.2, 0.25) is 0 Å². The van der Waals surface area contributed by atoms with Crippen molar-refractivity contribution in [1.82, 2.24) is 4.98 Å². The summed E-state index contributed by atoms with van der Waals surface area (Å²) in [6.07, 6.45) is 0.0731. The van der Waals surface area contributed by atoms with Crippen LogP contribution in [0.5, 0.6) is 5.75 Å². The molecule has 2 rings (SSSR count). The second kappa shape index (κ2) is 18.0. The number of aromatic hydroxyl groups is 1. The molecule has 0 saturated heterocycles. The second-order valence-electron chi connectivity index (χ2n) is 5.84. The smallest absolute Gasteiger partial charge is 0.790 e. The number of aldehydes is 1. The standard InChI is InChI=1S/C14H14N3O12PS2.4Na.H2O/c1-7-13(19)9(5-18)10(6-29-30(20,21)22)14(15-7)17-16-11-3-2-8(31(23,24)25)4-12(11)32(26,27)28;;;;;/h2-5,19H,6H2,1H3,(H2,20,21,22)(H,23,24,25)(H,26,27,28);;;;;1H2/q;4*+1;/p-4. The van der Waals surface area contributed by atoms with Gasteiger partial charge in [-0.15, -0.1) is 10.2 Å². The van der Waals surface area contributed by atoms with Gasteiger partial charge in [-0.1, -0.05) is 0 Å². The zero-order valence-electron chi connectivity index (χ0n) is 20.1. The first-order valence-electron chi connectivity index (χ1n) is 7.86. The number of phosphoric ester groups is 1. The first kappa shape index (κ1) is 45.3. The zero-order chi connectivity index (χ0) is 24.5. The van der Waals surface area contributed by atoms with E-state index in [1.54, 1.807) is 0 Å². The number of carbonyl (C=O) groups excluding carboxylic acids is 1. The Morgan fingerprint density at radius 2 is 1.59 bits per heavy atom. The van der Waals surface area contributed by atoms with Crippen LogP contribution in [-0.4, -0.2) is 47.8 Å². The van der Waals surface area contributed by atoms with Crippen LogP contribution in [0.4, 0.5) is 11.5 Å². The van der Waals surface area contributed by atoms with Crippen molar-refractivity contribution in [3.8, 4) is 5.75 Å². The summed E-state index contributed by atoms with van der Waals surface area (Å²) in [4.78, 5) is 34.3. The number of aromatic nitrogens is 1. The summed E-state index contributed by atoms with van der Waals surface area (Å²) >= 11 is 0. The molecule has 0 atom stereocenters. The van der Waals surface area contributed by atoms with E-state index in [1.807, 2.05) is 0 Å². The number of phosphoric acid groups is 1. The normalized spacial score (nSPS) is 11.2. The Bertz CT molecular complexity index is 1390. The van der Waals surface area contributed by atoms with Crippen molar-refractivity contribution < 1.29 is 178 Å². The molecule has 0 aliphatic carbocycles. The van der Waals surface area contributed by atoms with Crippen LogP contribution in [0, 0.1) is 6.92 Å². The van der Waals surface area contributed by atoms with Crippen LogP contribution >= 0.6 is 7.82 Å². The molecule has 23 heteroatoms. The fourth-order valence-corrected chi connectivity index (χ4v) is 3.76. The molecular weight excluding hydrogens is 605 g/mol. The summed E-state index contributed by atoms with van der Waals surface area (Å²) < 4.78 is 82.4. The number of rotatable bonds is 8. The molecule has 0 aliphatic heterocycles. The van der Waals surface area contributed by atoms with Crippen LogP contribution < -0.4 is 128 Å². The summed E-state index contributed by atoms with van der Waals surface area (Å²) in [7, 11) is -16.0. The molecule has 1 heterocycles. The van der Waals surface area contributed by atoms with E-state index in [0.29, 0.717) is 12.1 Å². The molecular formula is C14H12N3Na4O13PS2. The average molecular weight is 617 g/mol. The van der Waals surface area contributed by atoms with Gasteiger partial charge in [0, 0.05) is 5.56 Å². The molecule has 0 bridgehead atoms. The largest absolute Gasteiger partial charge is 1.00 e. The minimum atomic E-state index is -5.54. The number of carbonyl (C=O) groups is 1. The van der Waals surface area contributed by atoms with E-state index < -0.39 is 72.8 Å². The third kappa shape index (κ3) is 13.2. The maximum absolute atomic E-state index is 11.5. The van der Waals surface area contributed by atoms with Crippen molar-refractivity contribution in [3.05, 3.63) is 35.0 Å². The predicted octanol–water partition coefficient (Wildman–Crippen LogP) is -13.3. The van der Waals surface area contributed by atoms with Crippen LogP contribution in [-0.2, 0) is 35.9 Å². The molecule has 1 aromatic carbocycles. The van der Waals surface area contributed by atoms with Crippen molar-refractivity contribution in [3.63, 3.8) is 0 Å². The Balaban J connectivity index is -0.00000109. The first-order valence-corrected chi connectivity index (χ1v) is 12.1. The van der Waals surface area contributed by atoms with Gasteiger partial charge < -0.3 is 38.6 Å². The zero-order valence-corrected chi connectivity index (χ0v) is 30.6. The fourth-order valence-electron chi connectivity index (χ4n) is 2.27. The molecule has 2 aromatic rings. The third-order valence-electron chi connectivity index (χ3n) is 3.69. The number of hydrogen-bond acceptors (Lipinski definition) is 15. The van der Waals surface area contributed by atoms with Gasteiger partial charge in [-0.3, -0.25) is 4.79 Å². The van der Waals surface area contributed by atoms with Crippen LogP contribution in [0.3, 0.4) is 0 Å². The van der Waals surface area contributed by atoms with E-state index in [9.17, 15) is 50.2 Å². The number of nitrogens with zero attached hydrogens (tertiary/aromatic N) is 3. The van der Waals surface area contributed by atoms with Crippen LogP contribution in [0.15, 0.2) is 38.2 Å². The second-order valence-corrected chi connectivity index (χ2v) is 9.72. The maximum atomic E-state index is 11.5. The molecule has 182 valence electrons. The Kier molecular flexibility index (Phi) is 22.0. The van der Waals surface area contributed by atoms with E-state index in [2.05, 4.69) is 19.7 Å². The van der Waals surface area contributed by atoms with Crippen LogP contribution in [0.25, 0.3) is 0 Å². The monoisotopic (exact) mass is 617 g/mol. The van der Waals surface area contributed by atoms with E-state index in [1.165, 1.54) is 6.92 Å². The molecule has 0 aliphatic rings. The molecule has 0 fully saturated rings. The van der Waals surface area contributed by atoms with Gasteiger partial charge in [-0.05, 0) is 25.1 Å². The Morgan fingerprint density at radius 3 is 2.03 bits per heavy atom. The Hall–Kier alpha value is 1.33. The van der Waals surface area contributed by atoms with Crippen molar-refractivity contribution in [2.45, 2.75) is 23.3 Å². The van der Waals surface area contributed by atoms with E-state index in [0.717, 1.165) is 0 Å². The van der Waals surface area contributed by atoms with Gasteiger partial charge in [0.2, 0.25) is 0 Å². The molecule has 0 spiro atoms. The van der Waals surface area contributed by atoms with E-state index in [4.69, 9.17) is 0 Å². The number of pyridine rings is 1. The quantitative estimate of drug-likeness (QED) is 0.0947.